The Morgan fingerprint density at radius 3 is 3.18 bits per heavy atom. The third kappa shape index (κ3) is 3.37. The number of carbonyl (C=O) groups excluding carboxylic acids is 1. The molecule has 1 aliphatic rings. The standard InChI is InChI=1S/C13H16ClNO2/c14-6-5-13(16)15-9-10-3-4-12-11(8-10)2-1-7-17-12/h3-4,8H,1-2,5-7,9H2,(H,15,16). The molecule has 0 radical (unpaired) electrons. The summed E-state index contributed by atoms with van der Waals surface area (Å²) in [4.78, 5) is 11.3. The maximum Gasteiger partial charge on any atom is 0.221 e. The quantitative estimate of drug-likeness (QED) is 0.836. The van der Waals surface area contributed by atoms with Crippen molar-refractivity contribution in [3.63, 3.8) is 0 Å². The van der Waals surface area contributed by atoms with Crippen LogP contribution in [0.15, 0.2) is 18.2 Å². The number of rotatable bonds is 4. The fourth-order valence-corrected chi connectivity index (χ4v) is 2.07. The van der Waals surface area contributed by atoms with Gasteiger partial charge in [-0.05, 0) is 30.0 Å². The predicted octanol–water partition coefficient (Wildman–Crippen LogP) is 2.26. The van der Waals surface area contributed by atoms with Gasteiger partial charge in [0, 0.05) is 18.8 Å². The number of aryl methyl sites for hydroxylation is 1. The number of halogens is 1. The molecule has 0 bridgehead atoms. The maximum absolute atomic E-state index is 11.3. The summed E-state index contributed by atoms with van der Waals surface area (Å²) in [5.41, 5.74) is 2.34. The van der Waals surface area contributed by atoms with E-state index in [9.17, 15) is 4.79 Å². The first-order valence-corrected chi connectivity index (χ1v) is 6.40. The number of alkyl halides is 1. The molecule has 0 saturated heterocycles. The van der Waals surface area contributed by atoms with Gasteiger partial charge in [-0.1, -0.05) is 12.1 Å². The first-order valence-electron chi connectivity index (χ1n) is 5.87. The largest absolute Gasteiger partial charge is 0.493 e. The van der Waals surface area contributed by atoms with E-state index in [4.69, 9.17) is 16.3 Å². The second kappa shape index (κ2) is 5.92. The van der Waals surface area contributed by atoms with Crippen molar-refractivity contribution in [2.24, 2.45) is 0 Å². The Morgan fingerprint density at radius 2 is 2.35 bits per heavy atom. The molecule has 2 rings (SSSR count). The third-order valence-corrected chi connectivity index (χ3v) is 2.97. The van der Waals surface area contributed by atoms with E-state index in [1.54, 1.807) is 0 Å². The van der Waals surface area contributed by atoms with Gasteiger partial charge in [-0.15, -0.1) is 11.6 Å². The number of nitrogens with one attached hydrogen (secondary N) is 1. The van der Waals surface area contributed by atoms with Crippen molar-refractivity contribution >= 4 is 17.5 Å². The predicted molar refractivity (Wildman–Crippen MR) is 67.4 cm³/mol. The average Bonchev–Trinajstić information content (AvgIpc) is 2.36. The molecule has 0 fully saturated rings. The van der Waals surface area contributed by atoms with Gasteiger partial charge in [-0.2, -0.15) is 0 Å². The Balaban J connectivity index is 1.95. The number of hydrogen-bond donors (Lipinski definition) is 1. The lowest BCUT2D eigenvalue weighted by Gasteiger charge is -2.18. The van der Waals surface area contributed by atoms with Crippen molar-refractivity contribution in [1.82, 2.24) is 5.32 Å². The van der Waals surface area contributed by atoms with E-state index in [1.807, 2.05) is 12.1 Å². The van der Waals surface area contributed by atoms with Gasteiger partial charge in [-0.3, -0.25) is 4.79 Å². The van der Waals surface area contributed by atoms with Gasteiger partial charge in [0.1, 0.15) is 5.75 Å². The second-order valence-corrected chi connectivity index (χ2v) is 4.49. The summed E-state index contributed by atoms with van der Waals surface area (Å²) in [6.07, 6.45) is 2.49. The van der Waals surface area contributed by atoms with Crippen LogP contribution in [-0.4, -0.2) is 18.4 Å². The first-order chi connectivity index (χ1) is 8.29. The Morgan fingerprint density at radius 1 is 1.47 bits per heavy atom. The van der Waals surface area contributed by atoms with Crippen molar-refractivity contribution in [1.29, 1.82) is 0 Å². The molecular formula is C13H16ClNO2. The minimum absolute atomic E-state index is 0.00558. The highest BCUT2D eigenvalue weighted by atomic mass is 35.5. The van der Waals surface area contributed by atoms with E-state index < -0.39 is 0 Å². The summed E-state index contributed by atoms with van der Waals surface area (Å²) in [5.74, 6) is 1.34. The van der Waals surface area contributed by atoms with Crippen LogP contribution < -0.4 is 10.1 Å². The van der Waals surface area contributed by atoms with Crippen LogP contribution in [-0.2, 0) is 17.8 Å². The van der Waals surface area contributed by atoms with E-state index in [0.717, 1.165) is 30.8 Å². The highest BCUT2D eigenvalue weighted by Gasteiger charge is 2.10. The molecule has 4 heteroatoms. The summed E-state index contributed by atoms with van der Waals surface area (Å²) in [6.45, 7) is 1.36. The highest BCUT2D eigenvalue weighted by Crippen LogP contribution is 2.25. The molecule has 0 saturated carbocycles. The average molecular weight is 254 g/mol. The number of benzene rings is 1. The number of amides is 1. The van der Waals surface area contributed by atoms with Crippen LogP contribution in [0.1, 0.15) is 24.0 Å². The van der Waals surface area contributed by atoms with Crippen molar-refractivity contribution in [3.8, 4) is 5.75 Å². The summed E-state index contributed by atoms with van der Waals surface area (Å²) in [6, 6.07) is 6.08. The van der Waals surface area contributed by atoms with E-state index in [1.165, 1.54) is 5.56 Å². The Kier molecular flexibility index (Phi) is 4.26. The second-order valence-electron chi connectivity index (χ2n) is 4.11. The summed E-state index contributed by atoms with van der Waals surface area (Å²) in [5, 5.41) is 2.84. The summed E-state index contributed by atoms with van der Waals surface area (Å²) < 4.78 is 5.54. The zero-order valence-electron chi connectivity index (χ0n) is 9.67. The van der Waals surface area contributed by atoms with Crippen LogP contribution in [0, 0.1) is 0 Å². The molecule has 1 aromatic carbocycles. The number of hydrogen-bond acceptors (Lipinski definition) is 2. The molecule has 1 heterocycles. The minimum atomic E-state index is -0.00558. The number of carbonyl (C=O) groups is 1. The monoisotopic (exact) mass is 253 g/mol. The minimum Gasteiger partial charge on any atom is -0.493 e. The molecular weight excluding hydrogens is 238 g/mol. The maximum atomic E-state index is 11.3. The van der Waals surface area contributed by atoms with Crippen LogP contribution in [0.3, 0.4) is 0 Å². The fraction of sp³-hybridized carbons (Fsp3) is 0.462. The van der Waals surface area contributed by atoms with Crippen LogP contribution in [0.5, 0.6) is 5.75 Å². The molecule has 0 aromatic heterocycles. The van der Waals surface area contributed by atoms with Gasteiger partial charge in [0.25, 0.3) is 0 Å². The molecule has 17 heavy (non-hydrogen) atoms. The lowest BCUT2D eigenvalue weighted by atomic mass is 10.0. The van der Waals surface area contributed by atoms with Crippen molar-refractivity contribution in [3.05, 3.63) is 29.3 Å². The van der Waals surface area contributed by atoms with Crippen LogP contribution in [0.2, 0.25) is 0 Å². The molecule has 0 aliphatic carbocycles. The van der Waals surface area contributed by atoms with Gasteiger partial charge in [0.2, 0.25) is 5.91 Å². The van der Waals surface area contributed by atoms with Crippen molar-refractivity contribution < 1.29 is 9.53 Å². The zero-order valence-corrected chi connectivity index (χ0v) is 10.4. The fourth-order valence-electron chi connectivity index (χ4n) is 1.90. The Bertz CT molecular complexity index is 406. The molecule has 0 unspecified atom stereocenters. The van der Waals surface area contributed by atoms with E-state index in [0.29, 0.717) is 18.8 Å². The summed E-state index contributed by atoms with van der Waals surface area (Å²) >= 11 is 5.50. The number of fused-ring (bicyclic) bond motifs is 1. The molecule has 1 amide bonds. The van der Waals surface area contributed by atoms with E-state index in [2.05, 4.69) is 11.4 Å². The van der Waals surface area contributed by atoms with Crippen molar-refractivity contribution in [2.75, 3.05) is 12.5 Å². The van der Waals surface area contributed by atoms with Gasteiger partial charge >= 0.3 is 0 Å². The molecule has 3 nitrogen and oxygen atoms in total. The van der Waals surface area contributed by atoms with E-state index in [-0.39, 0.29) is 5.91 Å². The Labute approximate surface area is 106 Å². The molecule has 1 aliphatic heterocycles. The Hall–Kier alpha value is -1.22. The molecule has 0 atom stereocenters. The zero-order chi connectivity index (χ0) is 12.1. The molecule has 1 aromatic rings. The normalized spacial score (nSPS) is 13.7. The highest BCUT2D eigenvalue weighted by molar-refractivity contribution is 6.18. The van der Waals surface area contributed by atoms with Gasteiger partial charge in [0.05, 0.1) is 6.61 Å². The van der Waals surface area contributed by atoms with E-state index >= 15 is 0 Å². The van der Waals surface area contributed by atoms with Crippen LogP contribution >= 0.6 is 11.6 Å². The van der Waals surface area contributed by atoms with Gasteiger partial charge in [-0.25, -0.2) is 0 Å². The lowest BCUT2D eigenvalue weighted by molar-refractivity contribution is -0.120. The molecule has 92 valence electrons. The van der Waals surface area contributed by atoms with Crippen molar-refractivity contribution in [2.45, 2.75) is 25.8 Å². The molecule has 1 N–H and O–H groups in total. The van der Waals surface area contributed by atoms with Crippen LogP contribution in [0.4, 0.5) is 0 Å². The van der Waals surface area contributed by atoms with Gasteiger partial charge < -0.3 is 10.1 Å². The first kappa shape index (κ1) is 12.2. The SMILES string of the molecule is O=C(CCCl)NCc1ccc2c(c1)CCCO2. The lowest BCUT2D eigenvalue weighted by Crippen LogP contribution is -2.23. The smallest absolute Gasteiger partial charge is 0.221 e. The number of ether oxygens (including phenoxy) is 1. The topological polar surface area (TPSA) is 38.3 Å². The third-order valence-electron chi connectivity index (χ3n) is 2.78. The summed E-state index contributed by atoms with van der Waals surface area (Å²) in [7, 11) is 0. The van der Waals surface area contributed by atoms with Gasteiger partial charge in [0.15, 0.2) is 0 Å². The molecule has 0 spiro atoms. The van der Waals surface area contributed by atoms with Crippen LogP contribution in [0.25, 0.3) is 0 Å².